The maximum Gasteiger partial charge on any atom is 0.150 e. The van der Waals surface area contributed by atoms with Crippen LogP contribution in [0.5, 0.6) is 0 Å². The third kappa shape index (κ3) is 1.35. The number of aldehydes is 1. The lowest BCUT2D eigenvalue weighted by molar-refractivity contribution is 0.112. The summed E-state index contributed by atoms with van der Waals surface area (Å²) in [5, 5.41) is 10.2. The maximum absolute atomic E-state index is 10.6. The van der Waals surface area contributed by atoms with Crippen molar-refractivity contribution in [2.75, 3.05) is 0 Å². The summed E-state index contributed by atoms with van der Waals surface area (Å²) in [4.78, 5) is 11.7. The molecule has 0 spiro atoms. The van der Waals surface area contributed by atoms with Gasteiger partial charge in [0.25, 0.3) is 0 Å². The Morgan fingerprint density at radius 3 is 2.93 bits per heavy atom. The third-order valence-electron chi connectivity index (χ3n) is 2.31. The fourth-order valence-corrected chi connectivity index (χ4v) is 2.68. The number of carbonyl (C=O) groups is 1. The number of fused-ring (bicyclic) bond motifs is 1. The summed E-state index contributed by atoms with van der Waals surface area (Å²) in [5.74, 6) is 0. The molecule has 0 amide bonds. The number of carbonyl (C=O) groups excluding carboxylic acids is 1. The molecule has 1 N–H and O–H groups in total. The summed E-state index contributed by atoms with van der Waals surface area (Å²) < 4.78 is 1.07. The SMILES string of the molecule is Cc1sc2cc(C=O)ccc2c1CO. The zero-order valence-corrected chi connectivity index (χ0v) is 8.60. The molecular weight excluding hydrogens is 196 g/mol. The average molecular weight is 206 g/mol. The van der Waals surface area contributed by atoms with Crippen LogP contribution in [0.1, 0.15) is 20.8 Å². The van der Waals surface area contributed by atoms with Crippen LogP contribution in [0.4, 0.5) is 0 Å². The van der Waals surface area contributed by atoms with Crippen molar-refractivity contribution in [2.24, 2.45) is 0 Å². The number of hydrogen-bond donors (Lipinski definition) is 1. The van der Waals surface area contributed by atoms with E-state index in [0.29, 0.717) is 5.56 Å². The predicted octanol–water partition coefficient (Wildman–Crippen LogP) is 2.51. The van der Waals surface area contributed by atoms with Gasteiger partial charge < -0.3 is 5.11 Å². The van der Waals surface area contributed by atoms with Crippen molar-refractivity contribution in [1.82, 2.24) is 0 Å². The molecule has 0 fully saturated rings. The maximum atomic E-state index is 10.6. The van der Waals surface area contributed by atoms with Crippen LogP contribution < -0.4 is 0 Å². The van der Waals surface area contributed by atoms with Crippen molar-refractivity contribution >= 4 is 27.7 Å². The molecular formula is C11H10O2S. The van der Waals surface area contributed by atoms with E-state index in [4.69, 9.17) is 5.11 Å². The van der Waals surface area contributed by atoms with Gasteiger partial charge in [-0.25, -0.2) is 0 Å². The van der Waals surface area contributed by atoms with Crippen molar-refractivity contribution < 1.29 is 9.90 Å². The predicted molar refractivity (Wildman–Crippen MR) is 57.9 cm³/mol. The van der Waals surface area contributed by atoms with Crippen molar-refractivity contribution in [2.45, 2.75) is 13.5 Å². The van der Waals surface area contributed by atoms with E-state index < -0.39 is 0 Å². The van der Waals surface area contributed by atoms with Gasteiger partial charge in [-0.2, -0.15) is 0 Å². The number of aryl methyl sites for hydroxylation is 1. The van der Waals surface area contributed by atoms with Crippen molar-refractivity contribution in [3.05, 3.63) is 34.2 Å². The van der Waals surface area contributed by atoms with Gasteiger partial charge in [-0.15, -0.1) is 11.3 Å². The molecule has 2 nitrogen and oxygen atoms in total. The van der Waals surface area contributed by atoms with E-state index in [1.165, 1.54) is 0 Å². The zero-order valence-electron chi connectivity index (χ0n) is 7.78. The molecule has 0 aliphatic carbocycles. The second kappa shape index (κ2) is 3.52. The van der Waals surface area contributed by atoms with E-state index in [-0.39, 0.29) is 6.61 Å². The lowest BCUT2D eigenvalue weighted by Gasteiger charge is -1.95. The van der Waals surface area contributed by atoms with Crippen molar-refractivity contribution in [1.29, 1.82) is 0 Å². The number of rotatable bonds is 2. The summed E-state index contributed by atoms with van der Waals surface area (Å²) >= 11 is 1.61. The second-order valence-corrected chi connectivity index (χ2v) is 4.42. The van der Waals surface area contributed by atoms with E-state index in [1.807, 2.05) is 19.1 Å². The Kier molecular flexibility index (Phi) is 2.35. The minimum atomic E-state index is 0.0618. The van der Waals surface area contributed by atoms with E-state index in [2.05, 4.69) is 0 Å². The molecule has 0 radical (unpaired) electrons. The highest BCUT2D eigenvalue weighted by molar-refractivity contribution is 7.19. The van der Waals surface area contributed by atoms with Crippen LogP contribution in [-0.2, 0) is 6.61 Å². The molecule has 0 aliphatic heterocycles. The minimum absolute atomic E-state index is 0.0618. The van der Waals surface area contributed by atoms with Crippen LogP contribution in [0.3, 0.4) is 0 Å². The lowest BCUT2D eigenvalue weighted by Crippen LogP contribution is -1.83. The third-order valence-corrected chi connectivity index (χ3v) is 3.42. The van der Waals surface area contributed by atoms with Crippen LogP contribution in [-0.4, -0.2) is 11.4 Å². The lowest BCUT2D eigenvalue weighted by atomic mass is 10.1. The highest BCUT2D eigenvalue weighted by Gasteiger charge is 2.07. The highest BCUT2D eigenvalue weighted by atomic mass is 32.1. The molecule has 1 aromatic carbocycles. The largest absolute Gasteiger partial charge is 0.392 e. The summed E-state index contributed by atoms with van der Waals surface area (Å²) in [6.07, 6.45) is 0.840. The molecule has 1 heterocycles. The molecule has 0 atom stereocenters. The molecule has 2 rings (SSSR count). The smallest absolute Gasteiger partial charge is 0.150 e. The summed E-state index contributed by atoms with van der Waals surface area (Å²) in [6.45, 7) is 2.04. The van der Waals surface area contributed by atoms with E-state index in [9.17, 15) is 4.79 Å². The Labute approximate surface area is 85.8 Å². The van der Waals surface area contributed by atoms with Crippen LogP contribution in [0, 0.1) is 6.92 Å². The van der Waals surface area contributed by atoms with Gasteiger partial charge >= 0.3 is 0 Å². The van der Waals surface area contributed by atoms with Crippen molar-refractivity contribution in [3.8, 4) is 0 Å². The van der Waals surface area contributed by atoms with Crippen LogP contribution in [0.25, 0.3) is 10.1 Å². The van der Waals surface area contributed by atoms with Gasteiger partial charge in [0.05, 0.1) is 6.61 Å². The first-order valence-corrected chi connectivity index (χ1v) is 5.16. The van der Waals surface area contributed by atoms with Crippen LogP contribution in [0.2, 0.25) is 0 Å². The fourth-order valence-electron chi connectivity index (χ4n) is 1.56. The normalized spacial score (nSPS) is 10.7. The Bertz CT molecular complexity index is 485. The Hall–Kier alpha value is -1.19. The van der Waals surface area contributed by atoms with Gasteiger partial charge in [0.2, 0.25) is 0 Å². The molecule has 0 saturated heterocycles. The number of aliphatic hydroxyl groups is 1. The van der Waals surface area contributed by atoms with Crippen molar-refractivity contribution in [3.63, 3.8) is 0 Å². The van der Waals surface area contributed by atoms with Gasteiger partial charge in [0, 0.05) is 15.1 Å². The monoisotopic (exact) mass is 206 g/mol. The van der Waals surface area contributed by atoms with Gasteiger partial charge in [-0.3, -0.25) is 4.79 Å². The van der Waals surface area contributed by atoms with Gasteiger partial charge in [0.1, 0.15) is 6.29 Å². The topological polar surface area (TPSA) is 37.3 Å². The van der Waals surface area contributed by atoms with E-state index >= 15 is 0 Å². The molecule has 14 heavy (non-hydrogen) atoms. The highest BCUT2D eigenvalue weighted by Crippen LogP contribution is 2.31. The molecule has 0 saturated carbocycles. The molecule has 3 heteroatoms. The molecule has 0 unspecified atom stereocenters. The van der Waals surface area contributed by atoms with E-state index in [0.717, 1.165) is 26.8 Å². The van der Waals surface area contributed by atoms with Gasteiger partial charge in [0.15, 0.2) is 0 Å². The molecule has 1 aromatic heterocycles. The zero-order chi connectivity index (χ0) is 10.1. The number of thiophene rings is 1. The molecule has 0 bridgehead atoms. The number of hydrogen-bond acceptors (Lipinski definition) is 3. The van der Waals surface area contributed by atoms with Crippen LogP contribution in [0.15, 0.2) is 18.2 Å². The van der Waals surface area contributed by atoms with Gasteiger partial charge in [-0.05, 0) is 23.9 Å². The first-order chi connectivity index (χ1) is 6.76. The Balaban J connectivity index is 2.74. The van der Waals surface area contributed by atoms with E-state index in [1.54, 1.807) is 17.4 Å². The molecule has 0 aliphatic rings. The fraction of sp³-hybridized carbons (Fsp3) is 0.182. The number of aliphatic hydroxyl groups excluding tert-OH is 1. The first kappa shape index (κ1) is 9.37. The van der Waals surface area contributed by atoms with Crippen LogP contribution >= 0.6 is 11.3 Å². The number of benzene rings is 1. The first-order valence-electron chi connectivity index (χ1n) is 4.34. The summed E-state index contributed by atoms with van der Waals surface area (Å²) in [6, 6.07) is 5.54. The summed E-state index contributed by atoms with van der Waals surface area (Å²) in [7, 11) is 0. The second-order valence-electron chi connectivity index (χ2n) is 3.17. The Morgan fingerprint density at radius 2 is 2.29 bits per heavy atom. The Morgan fingerprint density at radius 1 is 1.50 bits per heavy atom. The molecule has 2 aromatic rings. The summed E-state index contributed by atoms with van der Waals surface area (Å²) in [5.41, 5.74) is 1.66. The quantitative estimate of drug-likeness (QED) is 0.766. The minimum Gasteiger partial charge on any atom is -0.392 e. The molecule has 72 valence electrons. The average Bonchev–Trinajstić information content (AvgIpc) is 2.51. The standard InChI is InChI=1S/C11H10O2S/c1-7-10(6-13)9-3-2-8(5-12)4-11(9)14-7/h2-5,13H,6H2,1H3. The van der Waals surface area contributed by atoms with Gasteiger partial charge in [-0.1, -0.05) is 12.1 Å².